The number of halogens is 3. The van der Waals surface area contributed by atoms with E-state index < -0.39 is 0 Å². The highest BCUT2D eigenvalue weighted by Gasteiger charge is 2.23. The quantitative estimate of drug-likeness (QED) is 0.173. The Kier molecular flexibility index (Phi) is 12.8. The van der Waals surface area contributed by atoms with E-state index in [1.54, 1.807) is 28.9 Å². The van der Waals surface area contributed by atoms with Crippen molar-refractivity contribution in [2.75, 3.05) is 9.80 Å². The first kappa shape index (κ1) is 46.1. The molecule has 0 saturated heterocycles. The Morgan fingerprint density at radius 2 is 0.904 bits per heavy atom. The second-order valence-corrected chi connectivity index (χ2v) is 20.0. The van der Waals surface area contributed by atoms with Crippen LogP contribution < -0.4 is 9.80 Å². The summed E-state index contributed by atoms with van der Waals surface area (Å²) >= 11 is 23.6. The SMILES string of the molecule is Clc1c(N(c2ccccc2)c2csc3ccccc23)cccc1-n1c2ccccc2c2cccnc21.Clc1cccc(N(c2ccccc2)c2csc3ccccc23)c1Cl.c1ccc2c(c1)[nH]c1ncccc12. The van der Waals surface area contributed by atoms with Crippen molar-refractivity contribution in [1.29, 1.82) is 0 Å². The molecule has 0 bridgehead atoms. The van der Waals surface area contributed by atoms with E-state index in [0.717, 1.165) is 72.9 Å². The fraction of sp³-hybridized carbons (Fsp3) is 0. The van der Waals surface area contributed by atoms with Gasteiger partial charge in [-0.2, -0.15) is 0 Å². The van der Waals surface area contributed by atoms with E-state index in [9.17, 15) is 0 Å². The minimum Gasteiger partial charge on any atom is -0.339 e. The minimum atomic E-state index is 0.551. The highest BCUT2D eigenvalue weighted by Crippen LogP contribution is 2.48. The normalized spacial score (nSPS) is 11.2. The fourth-order valence-electron chi connectivity index (χ4n) is 9.48. The van der Waals surface area contributed by atoms with Gasteiger partial charge < -0.3 is 14.8 Å². The number of thiophene rings is 2. The molecule has 11 heteroatoms. The lowest BCUT2D eigenvalue weighted by Crippen LogP contribution is -2.11. The largest absolute Gasteiger partial charge is 0.339 e. The topological polar surface area (TPSA) is 53.0 Å². The summed E-state index contributed by atoms with van der Waals surface area (Å²) in [5, 5.41) is 13.2. The molecule has 6 nitrogen and oxygen atoms in total. The van der Waals surface area contributed by atoms with Gasteiger partial charge in [-0.3, -0.25) is 4.57 Å². The van der Waals surface area contributed by atoms with E-state index >= 15 is 0 Å². The molecule has 73 heavy (non-hydrogen) atoms. The molecule has 352 valence electrons. The third kappa shape index (κ3) is 8.73. The molecule has 0 saturated carbocycles. The van der Waals surface area contributed by atoms with Gasteiger partial charge in [0.1, 0.15) is 11.3 Å². The van der Waals surface area contributed by atoms with E-state index in [0.29, 0.717) is 15.1 Å². The molecular formula is C62H41Cl3N6S2. The van der Waals surface area contributed by atoms with Gasteiger partial charge in [-0.1, -0.05) is 156 Å². The maximum Gasteiger partial charge on any atom is 0.145 e. The van der Waals surface area contributed by atoms with Crippen LogP contribution in [0.1, 0.15) is 0 Å². The van der Waals surface area contributed by atoms with Gasteiger partial charge in [0.15, 0.2) is 0 Å². The number of para-hydroxylation sites is 4. The Morgan fingerprint density at radius 1 is 0.397 bits per heavy atom. The monoisotopic (exact) mass is 1040 g/mol. The lowest BCUT2D eigenvalue weighted by atomic mass is 10.1. The van der Waals surface area contributed by atoms with Crippen molar-refractivity contribution < 1.29 is 0 Å². The molecule has 14 rings (SSSR count). The number of fused-ring (bicyclic) bond motifs is 8. The maximum absolute atomic E-state index is 7.33. The Balaban J connectivity index is 0.000000125. The van der Waals surface area contributed by atoms with Crippen molar-refractivity contribution in [3.05, 3.63) is 257 Å². The maximum atomic E-state index is 7.33. The Hall–Kier alpha value is -7.95. The zero-order chi connectivity index (χ0) is 49.3. The average Bonchev–Trinajstić information content (AvgIpc) is 4.24. The fourth-order valence-corrected chi connectivity index (χ4v) is 12.0. The zero-order valence-corrected chi connectivity index (χ0v) is 42.7. The smallest absolute Gasteiger partial charge is 0.145 e. The zero-order valence-electron chi connectivity index (χ0n) is 38.8. The molecule has 0 fully saturated rings. The molecule has 1 N–H and O–H groups in total. The third-order valence-corrected chi connectivity index (χ3v) is 15.9. The predicted molar refractivity (Wildman–Crippen MR) is 314 cm³/mol. The Morgan fingerprint density at radius 3 is 1.56 bits per heavy atom. The molecule has 14 aromatic rings. The van der Waals surface area contributed by atoms with Gasteiger partial charge >= 0.3 is 0 Å². The average molecular weight is 1040 g/mol. The van der Waals surface area contributed by atoms with Crippen LogP contribution in [0.25, 0.3) is 69.7 Å². The molecule has 6 aromatic heterocycles. The van der Waals surface area contributed by atoms with Gasteiger partial charge in [-0.25, -0.2) is 9.97 Å². The van der Waals surface area contributed by atoms with Gasteiger partial charge in [-0.15, -0.1) is 22.7 Å². The van der Waals surface area contributed by atoms with Crippen molar-refractivity contribution in [3.8, 4) is 5.69 Å². The first-order valence-electron chi connectivity index (χ1n) is 23.5. The summed E-state index contributed by atoms with van der Waals surface area (Å²) in [6.45, 7) is 0. The number of anilines is 6. The molecule has 0 amide bonds. The van der Waals surface area contributed by atoms with Crippen LogP contribution >= 0.6 is 57.5 Å². The lowest BCUT2D eigenvalue weighted by Gasteiger charge is -2.27. The molecule has 8 aromatic carbocycles. The third-order valence-electron chi connectivity index (χ3n) is 12.8. The van der Waals surface area contributed by atoms with E-state index in [1.807, 2.05) is 72.9 Å². The summed E-state index contributed by atoms with van der Waals surface area (Å²) in [4.78, 5) is 16.7. The number of H-pyrrole nitrogens is 1. The molecule has 0 aliphatic heterocycles. The van der Waals surface area contributed by atoms with Crippen LogP contribution in [0.2, 0.25) is 15.1 Å². The first-order valence-corrected chi connectivity index (χ1v) is 26.4. The number of aromatic nitrogens is 4. The predicted octanol–water partition coefficient (Wildman–Crippen LogP) is 19.9. The number of nitrogens with zero attached hydrogens (tertiary/aromatic N) is 5. The molecule has 6 heterocycles. The van der Waals surface area contributed by atoms with Gasteiger partial charge in [0.05, 0.1) is 49.0 Å². The summed E-state index contributed by atoms with van der Waals surface area (Å²) < 4.78 is 4.66. The van der Waals surface area contributed by atoms with Crippen molar-refractivity contribution in [2.24, 2.45) is 0 Å². The van der Waals surface area contributed by atoms with Crippen LogP contribution in [0.4, 0.5) is 34.1 Å². The first-order chi connectivity index (χ1) is 36.0. The summed E-state index contributed by atoms with van der Waals surface area (Å²) in [6, 6.07) is 74.2. The summed E-state index contributed by atoms with van der Waals surface area (Å²) in [7, 11) is 0. The number of hydrogen-bond donors (Lipinski definition) is 1. The molecule has 0 aliphatic carbocycles. The minimum absolute atomic E-state index is 0.551. The molecule has 0 atom stereocenters. The van der Waals surface area contributed by atoms with Gasteiger partial charge in [0, 0.05) is 81.8 Å². The van der Waals surface area contributed by atoms with E-state index in [-0.39, 0.29) is 0 Å². The molecule has 0 spiro atoms. The standard InChI is InChI=1S/C31H20ClN3S.C20H13Cl2NS.C11H8N2/c32-30-26(34(21-10-2-1-3-11-21)28-20-36-29-18-7-5-13-24(28)29)16-8-17-27(30)35-25-15-6-4-12-22(25)23-14-9-19-33-31(23)35;21-16-10-6-11-17(20(16)22)23(14-7-2-1-3-8-14)18-13-24-19-12-5-4-9-15(18)19;1-2-6-10-8(4-1)9-5-3-7-12-11(9)13-10/h1-20H;1-13H;1-7H,(H,12,13). The second-order valence-electron chi connectivity index (χ2n) is 17.1. The second kappa shape index (κ2) is 20.3. The highest BCUT2D eigenvalue weighted by atomic mass is 35.5. The summed E-state index contributed by atoms with van der Waals surface area (Å²) in [5.41, 5.74) is 11.1. The van der Waals surface area contributed by atoms with Crippen LogP contribution in [0.3, 0.4) is 0 Å². The van der Waals surface area contributed by atoms with Crippen LogP contribution in [-0.4, -0.2) is 19.5 Å². The molecule has 0 unspecified atom stereocenters. The van der Waals surface area contributed by atoms with E-state index in [2.05, 4.69) is 187 Å². The number of pyridine rings is 2. The number of nitrogens with one attached hydrogen (secondary N) is 1. The van der Waals surface area contributed by atoms with Gasteiger partial charge in [0.25, 0.3) is 0 Å². The lowest BCUT2D eigenvalue weighted by molar-refractivity contribution is 1.13. The number of aromatic amines is 1. The number of hydrogen-bond acceptors (Lipinski definition) is 6. The van der Waals surface area contributed by atoms with Crippen molar-refractivity contribution in [3.63, 3.8) is 0 Å². The van der Waals surface area contributed by atoms with Gasteiger partial charge in [0.2, 0.25) is 0 Å². The van der Waals surface area contributed by atoms with Crippen molar-refractivity contribution in [2.45, 2.75) is 0 Å². The number of rotatable bonds is 7. The molecule has 0 radical (unpaired) electrons. The van der Waals surface area contributed by atoms with E-state index in [1.165, 1.54) is 30.9 Å². The molecular weight excluding hydrogens is 999 g/mol. The van der Waals surface area contributed by atoms with Crippen LogP contribution in [-0.2, 0) is 0 Å². The van der Waals surface area contributed by atoms with Gasteiger partial charge in [-0.05, 0) is 97.1 Å². The van der Waals surface area contributed by atoms with Crippen molar-refractivity contribution in [1.82, 2.24) is 19.5 Å². The summed E-state index contributed by atoms with van der Waals surface area (Å²) in [5.74, 6) is 0. The Labute approximate surface area is 444 Å². The van der Waals surface area contributed by atoms with Crippen molar-refractivity contribution >= 4 is 156 Å². The van der Waals surface area contributed by atoms with E-state index in [4.69, 9.17) is 39.8 Å². The summed E-state index contributed by atoms with van der Waals surface area (Å²) in [6.07, 6.45) is 3.64. The van der Waals surface area contributed by atoms with Crippen LogP contribution in [0, 0.1) is 0 Å². The van der Waals surface area contributed by atoms with Crippen LogP contribution in [0.5, 0.6) is 0 Å². The Bertz CT molecular complexity index is 4140. The number of benzene rings is 8. The molecule has 0 aliphatic rings. The van der Waals surface area contributed by atoms with Crippen LogP contribution in [0.15, 0.2) is 242 Å². The highest BCUT2D eigenvalue weighted by molar-refractivity contribution is 7.18.